The van der Waals surface area contributed by atoms with E-state index in [0.29, 0.717) is 24.7 Å². The third-order valence-corrected chi connectivity index (χ3v) is 4.06. The number of benzene rings is 1. The third-order valence-electron chi connectivity index (χ3n) is 4.06. The zero-order valence-corrected chi connectivity index (χ0v) is 17.8. The number of carboxylic acid groups (broad SMARTS) is 2. The Morgan fingerprint density at radius 2 is 1.87 bits per heavy atom. The van der Waals surface area contributed by atoms with Crippen molar-refractivity contribution >= 4 is 34.3 Å². The first-order valence-electron chi connectivity index (χ1n) is 9.44. The Hall–Kier alpha value is -3.33. The Morgan fingerprint density at radius 3 is 2.37 bits per heavy atom. The van der Waals surface area contributed by atoms with E-state index in [1.807, 2.05) is 37.2 Å². The van der Waals surface area contributed by atoms with Gasteiger partial charge in [0.15, 0.2) is 0 Å². The first kappa shape index (κ1) is 24.7. The molecule has 0 saturated carbocycles. The summed E-state index contributed by atoms with van der Waals surface area (Å²) in [4.78, 5) is 25.9. The average Bonchev–Trinajstić information content (AvgIpc) is 2.70. The highest BCUT2D eigenvalue weighted by atomic mass is 16.5. The summed E-state index contributed by atoms with van der Waals surface area (Å²) in [5, 5.41) is 20.2. The fourth-order valence-electron chi connectivity index (χ4n) is 2.58. The van der Waals surface area contributed by atoms with Crippen molar-refractivity contribution in [3.05, 3.63) is 36.4 Å². The van der Waals surface area contributed by atoms with Gasteiger partial charge in [-0.05, 0) is 44.5 Å². The predicted molar refractivity (Wildman–Crippen MR) is 118 cm³/mol. The van der Waals surface area contributed by atoms with Crippen molar-refractivity contribution in [3.8, 4) is 5.75 Å². The third kappa shape index (κ3) is 8.36. The number of hydrogen-bond donors (Lipinski definition) is 4. The number of nitrogens with zero attached hydrogens (tertiary/aromatic N) is 2. The molecule has 0 amide bonds. The van der Waals surface area contributed by atoms with Crippen LogP contribution in [0.15, 0.2) is 36.4 Å². The van der Waals surface area contributed by atoms with Gasteiger partial charge in [0.1, 0.15) is 11.6 Å². The lowest BCUT2D eigenvalue weighted by Crippen LogP contribution is -2.17. The molecule has 5 N–H and O–H groups in total. The number of pyridine rings is 1. The molecule has 1 aromatic carbocycles. The van der Waals surface area contributed by atoms with Gasteiger partial charge >= 0.3 is 11.9 Å². The van der Waals surface area contributed by atoms with Crippen LogP contribution in [0.2, 0.25) is 0 Å². The van der Waals surface area contributed by atoms with Gasteiger partial charge in [0.2, 0.25) is 0 Å². The topological polar surface area (TPSA) is 138 Å². The largest absolute Gasteiger partial charge is 0.497 e. The van der Waals surface area contributed by atoms with Crippen LogP contribution < -0.4 is 20.7 Å². The van der Waals surface area contributed by atoms with Gasteiger partial charge in [-0.3, -0.25) is 0 Å². The Kier molecular flexibility index (Phi) is 10.1. The molecule has 0 radical (unpaired) electrons. The van der Waals surface area contributed by atoms with Crippen LogP contribution in [0.3, 0.4) is 0 Å². The van der Waals surface area contributed by atoms with Crippen molar-refractivity contribution in [2.24, 2.45) is 5.73 Å². The molecule has 1 aromatic heterocycles. The van der Waals surface area contributed by atoms with E-state index in [1.54, 1.807) is 7.11 Å². The second-order valence-corrected chi connectivity index (χ2v) is 6.80. The summed E-state index contributed by atoms with van der Waals surface area (Å²) in [7, 11) is 5.67. The number of nitrogens with two attached hydrogens (primary N) is 1. The molecule has 0 aliphatic carbocycles. The molecule has 0 fully saturated rings. The molecule has 1 atom stereocenters. The summed E-state index contributed by atoms with van der Waals surface area (Å²) in [6, 6.07) is 8.45. The van der Waals surface area contributed by atoms with E-state index < -0.39 is 11.9 Å². The molecule has 0 bridgehead atoms. The number of nitrogens with one attached hydrogen (secondary N) is 1. The molecule has 0 aliphatic rings. The highest BCUT2D eigenvalue weighted by molar-refractivity contribution is 5.93. The van der Waals surface area contributed by atoms with Gasteiger partial charge in [-0.2, -0.15) is 0 Å². The van der Waals surface area contributed by atoms with Crippen LogP contribution in [0.25, 0.3) is 10.9 Å². The first-order chi connectivity index (χ1) is 14.2. The van der Waals surface area contributed by atoms with Crippen LogP contribution >= 0.6 is 0 Å². The number of carbonyl (C=O) groups is 2. The predicted octanol–water partition coefficient (Wildman–Crippen LogP) is 2.56. The maximum absolute atomic E-state index is 9.55. The number of anilines is 2. The van der Waals surface area contributed by atoms with Crippen molar-refractivity contribution in [2.45, 2.75) is 25.8 Å². The second kappa shape index (κ2) is 12.3. The van der Waals surface area contributed by atoms with E-state index in [1.165, 1.54) is 0 Å². The quantitative estimate of drug-likeness (QED) is 0.453. The molecule has 30 heavy (non-hydrogen) atoms. The number of methoxy groups -OCH3 is 1. The second-order valence-electron chi connectivity index (χ2n) is 6.80. The maximum Gasteiger partial charge on any atom is 0.328 e. The van der Waals surface area contributed by atoms with E-state index in [4.69, 9.17) is 25.7 Å². The molecular weight excluding hydrogens is 388 g/mol. The number of carboxylic acids is 2. The van der Waals surface area contributed by atoms with Gasteiger partial charge in [-0.25, -0.2) is 14.6 Å². The SMILES string of the molecule is COc1cc(NC(C)CCCN)c2nc(N(C)C)ccc2c1.O=C(O)/C=C/C(=O)O. The highest BCUT2D eigenvalue weighted by Crippen LogP contribution is 2.30. The van der Waals surface area contributed by atoms with Gasteiger partial charge in [0, 0.05) is 43.7 Å². The Balaban J connectivity index is 0.000000479. The van der Waals surface area contributed by atoms with Crippen LogP contribution in [0.4, 0.5) is 11.5 Å². The zero-order valence-electron chi connectivity index (χ0n) is 17.8. The summed E-state index contributed by atoms with van der Waals surface area (Å²) < 4.78 is 5.41. The normalized spacial score (nSPS) is 11.5. The van der Waals surface area contributed by atoms with E-state index in [0.717, 1.165) is 41.0 Å². The lowest BCUT2D eigenvalue weighted by atomic mass is 10.1. The fraction of sp³-hybridized carbons (Fsp3) is 0.381. The van der Waals surface area contributed by atoms with Gasteiger partial charge in [0.05, 0.1) is 18.3 Å². The van der Waals surface area contributed by atoms with Gasteiger partial charge in [-0.15, -0.1) is 0 Å². The molecule has 0 saturated heterocycles. The number of aromatic nitrogens is 1. The molecule has 2 rings (SSSR count). The Bertz CT molecular complexity index is 867. The van der Waals surface area contributed by atoms with Crippen molar-refractivity contribution in [3.63, 3.8) is 0 Å². The van der Waals surface area contributed by atoms with Gasteiger partial charge < -0.3 is 30.9 Å². The number of aliphatic carboxylic acids is 2. The monoisotopic (exact) mass is 418 g/mol. The van der Waals surface area contributed by atoms with Gasteiger partial charge in [-0.1, -0.05) is 0 Å². The minimum atomic E-state index is -1.26. The van der Waals surface area contributed by atoms with E-state index in [9.17, 15) is 9.59 Å². The lowest BCUT2D eigenvalue weighted by molar-refractivity contribution is -0.134. The Labute approximate surface area is 176 Å². The number of ether oxygens (including phenoxy) is 1. The molecule has 9 nitrogen and oxygen atoms in total. The first-order valence-corrected chi connectivity index (χ1v) is 9.44. The van der Waals surface area contributed by atoms with Crippen molar-refractivity contribution in [2.75, 3.05) is 38.0 Å². The number of hydrogen-bond acceptors (Lipinski definition) is 7. The molecule has 164 valence electrons. The average molecular weight is 418 g/mol. The minimum absolute atomic E-state index is 0.337. The van der Waals surface area contributed by atoms with E-state index in [-0.39, 0.29) is 0 Å². The van der Waals surface area contributed by atoms with Crippen LogP contribution in [0.5, 0.6) is 5.75 Å². The summed E-state index contributed by atoms with van der Waals surface area (Å²) in [6.45, 7) is 2.88. The van der Waals surface area contributed by atoms with Crippen molar-refractivity contribution in [1.82, 2.24) is 4.98 Å². The molecule has 1 heterocycles. The van der Waals surface area contributed by atoms with E-state index >= 15 is 0 Å². The summed E-state index contributed by atoms with van der Waals surface area (Å²) in [5.74, 6) is -0.740. The molecule has 1 unspecified atom stereocenters. The standard InChI is InChI=1S/C17H26N4O.C4H4O4/c1-12(6-5-9-18)19-15-11-14(22-4)10-13-7-8-16(21(2)3)20-17(13)15;5-3(6)1-2-4(7)8/h7-8,10-12,19H,5-6,9,18H2,1-4H3;1-2H,(H,5,6)(H,7,8)/b;2-1+. The van der Waals surface area contributed by atoms with Crippen LogP contribution in [-0.2, 0) is 9.59 Å². The Morgan fingerprint density at radius 1 is 1.23 bits per heavy atom. The van der Waals surface area contributed by atoms with E-state index in [2.05, 4.69) is 18.3 Å². The van der Waals surface area contributed by atoms with Crippen LogP contribution in [0, 0.1) is 0 Å². The fourth-order valence-corrected chi connectivity index (χ4v) is 2.58. The molecule has 9 heteroatoms. The van der Waals surface area contributed by atoms with Gasteiger partial charge in [0.25, 0.3) is 0 Å². The molecule has 0 spiro atoms. The smallest absolute Gasteiger partial charge is 0.328 e. The zero-order chi connectivity index (χ0) is 22.7. The summed E-state index contributed by atoms with van der Waals surface area (Å²) in [5.41, 5.74) is 7.56. The summed E-state index contributed by atoms with van der Waals surface area (Å²) in [6.07, 6.45) is 3.15. The molecule has 2 aromatic rings. The minimum Gasteiger partial charge on any atom is -0.497 e. The number of fused-ring (bicyclic) bond motifs is 1. The highest BCUT2D eigenvalue weighted by Gasteiger charge is 2.10. The lowest BCUT2D eigenvalue weighted by Gasteiger charge is -2.19. The van der Waals surface area contributed by atoms with Crippen molar-refractivity contribution in [1.29, 1.82) is 0 Å². The molecular formula is C21H30N4O5. The van der Waals surface area contributed by atoms with Crippen LogP contribution in [0.1, 0.15) is 19.8 Å². The molecule has 0 aliphatic heterocycles. The summed E-state index contributed by atoms with van der Waals surface area (Å²) >= 11 is 0. The van der Waals surface area contributed by atoms with Crippen molar-refractivity contribution < 1.29 is 24.5 Å². The van der Waals surface area contributed by atoms with Crippen LogP contribution in [-0.4, -0.2) is 60.9 Å². The maximum atomic E-state index is 9.55. The number of rotatable bonds is 9.